The van der Waals surface area contributed by atoms with Gasteiger partial charge in [0.15, 0.2) is 0 Å². The molecule has 2 N–H and O–H groups in total. The van der Waals surface area contributed by atoms with Crippen molar-refractivity contribution in [2.75, 3.05) is 52.4 Å². The van der Waals surface area contributed by atoms with Crippen molar-refractivity contribution in [2.24, 2.45) is 5.73 Å². The van der Waals surface area contributed by atoms with Gasteiger partial charge in [-0.2, -0.15) is 17.0 Å². The predicted octanol–water partition coefficient (Wildman–Crippen LogP) is -0.581. The molecule has 160 valence electrons. The smallest absolute Gasteiger partial charge is 0.409 e. The molecule has 2 amide bonds. The fourth-order valence-corrected chi connectivity index (χ4v) is 6.04. The van der Waals surface area contributed by atoms with Gasteiger partial charge in [-0.1, -0.05) is 0 Å². The lowest BCUT2D eigenvalue weighted by Crippen LogP contribution is -2.57. The van der Waals surface area contributed by atoms with E-state index in [0.29, 0.717) is 45.6 Å². The van der Waals surface area contributed by atoms with Gasteiger partial charge in [-0.3, -0.25) is 9.69 Å². The van der Waals surface area contributed by atoms with Crippen molar-refractivity contribution >= 4 is 22.2 Å². The molecule has 0 aromatic carbocycles. The third kappa shape index (κ3) is 4.42. The van der Waals surface area contributed by atoms with Crippen LogP contribution in [0, 0.1) is 0 Å². The Hall–Kier alpha value is -1.43. The van der Waals surface area contributed by atoms with Crippen LogP contribution in [0.15, 0.2) is 0 Å². The average Bonchev–Trinajstić information content (AvgIpc) is 3.18. The van der Waals surface area contributed by atoms with E-state index in [0.717, 1.165) is 19.4 Å². The van der Waals surface area contributed by atoms with Crippen LogP contribution in [-0.4, -0.2) is 103 Å². The van der Waals surface area contributed by atoms with E-state index in [2.05, 4.69) is 4.90 Å². The van der Waals surface area contributed by atoms with Gasteiger partial charge < -0.3 is 15.4 Å². The Balaban J connectivity index is 1.52. The molecular formula is C17H31N5O5S. The molecule has 3 heterocycles. The number of primary amides is 1. The minimum absolute atomic E-state index is 0.201. The monoisotopic (exact) mass is 417 g/mol. The van der Waals surface area contributed by atoms with Crippen molar-refractivity contribution < 1.29 is 22.7 Å². The van der Waals surface area contributed by atoms with Crippen molar-refractivity contribution in [3.63, 3.8) is 0 Å². The molecule has 3 aliphatic heterocycles. The predicted molar refractivity (Wildman–Crippen MR) is 103 cm³/mol. The molecule has 0 saturated carbocycles. The molecule has 0 spiro atoms. The lowest BCUT2D eigenvalue weighted by atomic mass is 10.0. The first-order chi connectivity index (χ1) is 13.3. The lowest BCUT2D eigenvalue weighted by Gasteiger charge is -2.41. The van der Waals surface area contributed by atoms with Gasteiger partial charge in [0.05, 0.1) is 12.6 Å². The van der Waals surface area contributed by atoms with Crippen molar-refractivity contribution in [3.8, 4) is 0 Å². The third-order valence-corrected chi connectivity index (χ3v) is 7.97. The fourth-order valence-electron chi connectivity index (χ4n) is 4.42. The number of carbonyl (C=O) groups excluding carboxylic acids is 2. The number of likely N-dealkylation sites (tertiary alicyclic amines) is 1. The highest BCUT2D eigenvalue weighted by Gasteiger charge is 2.39. The van der Waals surface area contributed by atoms with Gasteiger partial charge >= 0.3 is 6.09 Å². The topological polar surface area (TPSA) is 116 Å². The summed E-state index contributed by atoms with van der Waals surface area (Å²) in [4.78, 5) is 27.1. The Labute approximate surface area is 166 Å². The highest BCUT2D eigenvalue weighted by Crippen LogP contribution is 2.27. The van der Waals surface area contributed by atoms with E-state index >= 15 is 0 Å². The second-order valence-electron chi connectivity index (χ2n) is 7.52. The van der Waals surface area contributed by atoms with Gasteiger partial charge in [0.2, 0.25) is 5.91 Å². The van der Waals surface area contributed by atoms with Crippen LogP contribution in [-0.2, 0) is 19.7 Å². The third-order valence-electron chi connectivity index (χ3n) is 5.93. The van der Waals surface area contributed by atoms with E-state index in [1.165, 1.54) is 8.61 Å². The molecule has 0 radical (unpaired) electrons. The number of rotatable bonds is 5. The average molecular weight is 418 g/mol. The summed E-state index contributed by atoms with van der Waals surface area (Å²) in [6, 6.07) is -0.0174. The van der Waals surface area contributed by atoms with Gasteiger partial charge in [-0.25, -0.2) is 4.79 Å². The molecule has 3 fully saturated rings. The first-order valence-corrected chi connectivity index (χ1v) is 11.5. The van der Waals surface area contributed by atoms with Crippen molar-refractivity contribution in [3.05, 3.63) is 0 Å². The van der Waals surface area contributed by atoms with Crippen LogP contribution in [0.5, 0.6) is 0 Å². The van der Waals surface area contributed by atoms with Gasteiger partial charge in [0.1, 0.15) is 0 Å². The number of piperazine rings is 1. The molecule has 0 aromatic heterocycles. The molecule has 11 heteroatoms. The Kier molecular flexibility index (Phi) is 6.79. The van der Waals surface area contributed by atoms with Crippen LogP contribution >= 0.6 is 0 Å². The zero-order valence-corrected chi connectivity index (χ0v) is 17.3. The Morgan fingerprint density at radius 2 is 1.57 bits per heavy atom. The molecule has 0 aromatic rings. The number of nitrogens with zero attached hydrogens (tertiary/aromatic N) is 4. The molecule has 0 aliphatic carbocycles. The van der Waals surface area contributed by atoms with Crippen LogP contribution in [0.25, 0.3) is 0 Å². The Morgan fingerprint density at radius 1 is 0.964 bits per heavy atom. The Morgan fingerprint density at radius 3 is 2.14 bits per heavy atom. The highest BCUT2D eigenvalue weighted by molar-refractivity contribution is 7.86. The molecular weight excluding hydrogens is 386 g/mol. The molecule has 10 nitrogen and oxygen atoms in total. The largest absolute Gasteiger partial charge is 0.450 e. The van der Waals surface area contributed by atoms with E-state index in [-0.39, 0.29) is 31.1 Å². The summed E-state index contributed by atoms with van der Waals surface area (Å²) in [6.45, 7) is 5.00. The first-order valence-electron chi connectivity index (χ1n) is 10.1. The quantitative estimate of drug-likeness (QED) is 0.640. The van der Waals surface area contributed by atoms with Crippen LogP contribution in [0.4, 0.5) is 4.79 Å². The van der Waals surface area contributed by atoms with Crippen LogP contribution in [0.1, 0.15) is 32.6 Å². The number of carbonyl (C=O) groups is 2. The standard InChI is InChI=1S/C17H31N5O5S/c1-2-27-17(24)19-10-12-21(13-11-19)28(25,26)20-8-5-14(6-9-20)22-7-3-4-15(22)16(18)23/h14-15H,2-13H2,1H3,(H2,18,23). The second kappa shape index (κ2) is 8.93. The van der Waals surface area contributed by atoms with Gasteiger partial charge in [0, 0.05) is 45.3 Å². The van der Waals surface area contributed by atoms with Crippen molar-refractivity contribution in [1.29, 1.82) is 0 Å². The summed E-state index contributed by atoms with van der Waals surface area (Å²) < 4.78 is 33.9. The number of hydrogen-bond donors (Lipinski definition) is 1. The van der Waals surface area contributed by atoms with E-state index < -0.39 is 16.3 Å². The van der Waals surface area contributed by atoms with Crippen LogP contribution in [0.3, 0.4) is 0 Å². The number of nitrogens with two attached hydrogens (primary N) is 1. The second-order valence-corrected chi connectivity index (χ2v) is 9.45. The zero-order chi connectivity index (χ0) is 20.3. The van der Waals surface area contributed by atoms with E-state index in [1.54, 1.807) is 11.8 Å². The van der Waals surface area contributed by atoms with E-state index in [4.69, 9.17) is 10.5 Å². The highest BCUT2D eigenvalue weighted by atomic mass is 32.2. The fraction of sp³-hybridized carbons (Fsp3) is 0.882. The summed E-state index contributed by atoms with van der Waals surface area (Å²) in [5.41, 5.74) is 5.51. The number of hydrogen-bond acceptors (Lipinski definition) is 6. The molecule has 3 rings (SSSR count). The number of amides is 2. The summed E-state index contributed by atoms with van der Waals surface area (Å²) in [5, 5.41) is 0. The van der Waals surface area contributed by atoms with Gasteiger partial charge in [0.25, 0.3) is 10.2 Å². The van der Waals surface area contributed by atoms with Gasteiger partial charge in [-0.05, 0) is 39.2 Å². The molecule has 1 unspecified atom stereocenters. The molecule has 3 aliphatic rings. The van der Waals surface area contributed by atoms with Crippen molar-refractivity contribution in [1.82, 2.24) is 18.4 Å². The first kappa shape index (κ1) is 21.3. The molecule has 3 saturated heterocycles. The summed E-state index contributed by atoms with van der Waals surface area (Å²) in [5.74, 6) is -0.285. The van der Waals surface area contributed by atoms with Crippen molar-refractivity contribution in [2.45, 2.75) is 44.7 Å². The van der Waals surface area contributed by atoms with E-state index in [1.807, 2.05) is 0 Å². The Bertz CT molecular complexity index is 671. The molecule has 0 bridgehead atoms. The van der Waals surface area contributed by atoms with Gasteiger partial charge in [-0.15, -0.1) is 0 Å². The molecule has 28 heavy (non-hydrogen) atoms. The number of ether oxygens (including phenoxy) is 1. The maximum Gasteiger partial charge on any atom is 0.409 e. The zero-order valence-electron chi connectivity index (χ0n) is 16.5. The lowest BCUT2D eigenvalue weighted by molar-refractivity contribution is -0.123. The summed E-state index contributed by atoms with van der Waals surface area (Å²) in [6.07, 6.45) is 2.75. The minimum atomic E-state index is -3.55. The molecule has 1 atom stereocenters. The maximum absolute atomic E-state index is 13.0. The van der Waals surface area contributed by atoms with Crippen LogP contribution < -0.4 is 5.73 Å². The summed E-state index contributed by atoms with van der Waals surface area (Å²) in [7, 11) is -3.55. The SMILES string of the molecule is CCOC(=O)N1CCN(S(=O)(=O)N2CCC(N3CCCC3C(N)=O)CC2)CC1. The number of piperidine rings is 1. The van der Waals surface area contributed by atoms with E-state index in [9.17, 15) is 18.0 Å². The van der Waals surface area contributed by atoms with Crippen LogP contribution in [0.2, 0.25) is 0 Å². The normalized spacial score (nSPS) is 26.5. The minimum Gasteiger partial charge on any atom is -0.450 e. The maximum atomic E-state index is 13.0. The summed E-state index contributed by atoms with van der Waals surface area (Å²) >= 11 is 0.